The number of aryl methyl sites for hydroxylation is 2. The highest BCUT2D eigenvalue weighted by atomic mass is 16.5. The van der Waals surface area contributed by atoms with Gasteiger partial charge in [0.2, 0.25) is 0 Å². The number of para-hydroxylation sites is 1. The highest BCUT2D eigenvalue weighted by molar-refractivity contribution is 5.92. The van der Waals surface area contributed by atoms with Crippen molar-refractivity contribution in [2.45, 2.75) is 45.4 Å². The molecule has 1 atom stereocenters. The van der Waals surface area contributed by atoms with Crippen molar-refractivity contribution in [2.24, 2.45) is 0 Å². The SMILES string of the molecule is CC1CN(C(=O)c2cc3n(n2)CCCC3)Cc2ccccc2O1. The number of aromatic nitrogens is 2. The molecule has 0 radical (unpaired) electrons. The molecule has 4 rings (SSSR count). The van der Waals surface area contributed by atoms with E-state index < -0.39 is 0 Å². The molecule has 1 unspecified atom stereocenters. The molecule has 0 fully saturated rings. The molecule has 0 spiro atoms. The van der Waals surface area contributed by atoms with Gasteiger partial charge in [0, 0.05) is 24.3 Å². The Labute approximate surface area is 135 Å². The molecule has 5 heteroatoms. The van der Waals surface area contributed by atoms with E-state index >= 15 is 0 Å². The van der Waals surface area contributed by atoms with Crippen molar-refractivity contribution in [3.63, 3.8) is 0 Å². The Bertz CT molecular complexity index is 714. The second-order valence-corrected chi connectivity index (χ2v) is 6.42. The topological polar surface area (TPSA) is 47.4 Å². The van der Waals surface area contributed by atoms with Crippen molar-refractivity contribution < 1.29 is 9.53 Å². The Morgan fingerprint density at radius 1 is 1.30 bits per heavy atom. The molecular weight excluding hydrogens is 290 g/mol. The zero-order valence-corrected chi connectivity index (χ0v) is 13.4. The highest BCUT2D eigenvalue weighted by Crippen LogP contribution is 2.26. The maximum Gasteiger partial charge on any atom is 0.274 e. The van der Waals surface area contributed by atoms with Crippen LogP contribution < -0.4 is 4.74 Å². The van der Waals surface area contributed by atoms with E-state index in [-0.39, 0.29) is 12.0 Å². The fourth-order valence-electron chi connectivity index (χ4n) is 3.42. The van der Waals surface area contributed by atoms with Crippen molar-refractivity contribution in [1.82, 2.24) is 14.7 Å². The molecule has 1 aromatic carbocycles. The standard InChI is InChI=1S/C18H21N3O2/c1-13-11-20(12-14-6-2-3-8-17(14)23-13)18(22)16-10-15-7-4-5-9-21(15)19-16/h2-3,6,8,10,13H,4-5,7,9,11-12H2,1H3. The molecule has 0 saturated heterocycles. The van der Waals surface area contributed by atoms with Gasteiger partial charge in [0.1, 0.15) is 11.9 Å². The van der Waals surface area contributed by atoms with Crippen molar-refractivity contribution in [2.75, 3.05) is 6.54 Å². The molecule has 120 valence electrons. The van der Waals surface area contributed by atoms with E-state index in [0.29, 0.717) is 18.8 Å². The Kier molecular flexibility index (Phi) is 3.56. The third-order valence-electron chi connectivity index (χ3n) is 4.56. The van der Waals surface area contributed by atoms with Gasteiger partial charge in [-0.1, -0.05) is 18.2 Å². The van der Waals surface area contributed by atoms with Crippen LogP contribution in [0, 0.1) is 0 Å². The summed E-state index contributed by atoms with van der Waals surface area (Å²) < 4.78 is 7.92. The average molecular weight is 311 g/mol. The van der Waals surface area contributed by atoms with Crippen LogP contribution in [0.2, 0.25) is 0 Å². The molecule has 1 amide bonds. The Balaban J connectivity index is 1.61. The lowest BCUT2D eigenvalue weighted by molar-refractivity contribution is 0.0684. The number of ether oxygens (including phenoxy) is 1. The zero-order valence-electron chi connectivity index (χ0n) is 13.4. The van der Waals surface area contributed by atoms with E-state index in [2.05, 4.69) is 5.10 Å². The van der Waals surface area contributed by atoms with Gasteiger partial charge < -0.3 is 9.64 Å². The summed E-state index contributed by atoms with van der Waals surface area (Å²) in [6.07, 6.45) is 3.31. The van der Waals surface area contributed by atoms with E-state index in [9.17, 15) is 4.79 Å². The van der Waals surface area contributed by atoms with Crippen LogP contribution in [0.15, 0.2) is 30.3 Å². The van der Waals surface area contributed by atoms with Gasteiger partial charge in [0.15, 0.2) is 5.69 Å². The number of rotatable bonds is 1. The van der Waals surface area contributed by atoms with E-state index in [1.165, 1.54) is 12.1 Å². The number of hydrogen-bond acceptors (Lipinski definition) is 3. The van der Waals surface area contributed by atoms with Gasteiger partial charge in [-0.3, -0.25) is 9.48 Å². The molecule has 2 aliphatic heterocycles. The minimum absolute atomic E-state index is 0.000877. The molecule has 1 aromatic heterocycles. The summed E-state index contributed by atoms with van der Waals surface area (Å²) in [5.74, 6) is 0.874. The molecule has 5 nitrogen and oxygen atoms in total. The Hall–Kier alpha value is -2.30. The number of nitrogens with zero attached hydrogens (tertiary/aromatic N) is 3. The molecule has 0 bridgehead atoms. The van der Waals surface area contributed by atoms with Gasteiger partial charge in [-0.25, -0.2) is 0 Å². The molecule has 0 aliphatic carbocycles. The third kappa shape index (κ3) is 2.71. The van der Waals surface area contributed by atoms with Gasteiger partial charge in [-0.05, 0) is 38.3 Å². The van der Waals surface area contributed by atoms with Crippen LogP contribution in [-0.2, 0) is 19.5 Å². The molecule has 0 saturated carbocycles. The summed E-state index contributed by atoms with van der Waals surface area (Å²) in [6.45, 7) is 4.07. The monoisotopic (exact) mass is 311 g/mol. The van der Waals surface area contributed by atoms with Gasteiger partial charge >= 0.3 is 0 Å². The molecule has 23 heavy (non-hydrogen) atoms. The lowest BCUT2D eigenvalue weighted by Gasteiger charge is -2.21. The van der Waals surface area contributed by atoms with Crippen LogP contribution in [0.4, 0.5) is 0 Å². The average Bonchev–Trinajstić information content (AvgIpc) is 2.91. The minimum atomic E-state index is -0.0279. The van der Waals surface area contributed by atoms with E-state index in [1.807, 2.05) is 46.8 Å². The maximum absolute atomic E-state index is 12.9. The quantitative estimate of drug-likeness (QED) is 0.813. The van der Waals surface area contributed by atoms with Crippen LogP contribution in [0.25, 0.3) is 0 Å². The molecule has 3 heterocycles. The van der Waals surface area contributed by atoms with Gasteiger partial charge in [0.25, 0.3) is 5.91 Å². The summed E-state index contributed by atoms with van der Waals surface area (Å²) in [5, 5.41) is 4.52. The van der Waals surface area contributed by atoms with Gasteiger partial charge in [0.05, 0.1) is 6.54 Å². The molecule has 2 aliphatic rings. The summed E-state index contributed by atoms with van der Waals surface area (Å²) in [5.41, 5.74) is 2.79. The summed E-state index contributed by atoms with van der Waals surface area (Å²) in [4.78, 5) is 14.8. The summed E-state index contributed by atoms with van der Waals surface area (Å²) in [7, 11) is 0. The van der Waals surface area contributed by atoms with Crippen molar-refractivity contribution in [3.8, 4) is 5.75 Å². The van der Waals surface area contributed by atoms with E-state index in [1.54, 1.807) is 0 Å². The first-order valence-electron chi connectivity index (χ1n) is 8.31. The largest absolute Gasteiger partial charge is 0.489 e. The second-order valence-electron chi connectivity index (χ2n) is 6.42. The van der Waals surface area contributed by atoms with Crippen molar-refractivity contribution in [3.05, 3.63) is 47.3 Å². The van der Waals surface area contributed by atoms with Gasteiger partial charge in [-0.2, -0.15) is 5.10 Å². The van der Waals surface area contributed by atoms with Crippen LogP contribution in [0.1, 0.15) is 41.5 Å². The third-order valence-corrected chi connectivity index (χ3v) is 4.56. The molecular formula is C18H21N3O2. The Morgan fingerprint density at radius 3 is 3.04 bits per heavy atom. The fourth-order valence-corrected chi connectivity index (χ4v) is 3.42. The maximum atomic E-state index is 12.9. The van der Waals surface area contributed by atoms with Crippen LogP contribution >= 0.6 is 0 Å². The number of benzene rings is 1. The summed E-state index contributed by atoms with van der Waals surface area (Å²) in [6, 6.07) is 9.90. The predicted octanol–water partition coefficient (Wildman–Crippen LogP) is 2.64. The van der Waals surface area contributed by atoms with E-state index in [4.69, 9.17) is 4.74 Å². The minimum Gasteiger partial charge on any atom is -0.489 e. The first-order chi connectivity index (χ1) is 11.2. The second kappa shape index (κ2) is 5.72. The Morgan fingerprint density at radius 2 is 2.17 bits per heavy atom. The zero-order chi connectivity index (χ0) is 15.8. The smallest absolute Gasteiger partial charge is 0.274 e. The van der Waals surface area contributed by atoms with Gasteiger partial charge in [-0.15, -0.1) is 0 Å². The van der Waals surface area contributed by atoms with E-state index in [0.717, 1.165) is 30.7 Å². The number of carbonyl (C=O) groups excluding carboxylic acids is 1. The van der Waals surface area contributed by atoms with Crippen LogP contribution in [0.3, 0.4) is 0 Å². The van der Waals surface area contributed by atoms with Crippen LogP contribution in [0.5, 0.6) is 5.75 Å². The van der Waals surface area contributed by atoms with Crippen LogP contribution in [-0.4, -0.2) is 33.2 Å². The van der Waals surface area contributed by atoms with Crippen molar-refractivity contribution in [1.29, 1.82) is 0 Å². The highest BCUT2D eigenvalue weighted by Gasteiger charge is 2.27. The number of amides is 1. The first kappa shape index (κ1) is 14.3. The normalized spacial score (nSPS) is 20.2. The number of carbonyl (C=O) groups is 1. The molecule has 2 aromatic rings. The lowest BCUT2D eigenvalue weighted by Crippen LogP contribution is -2.36. The molecule has 0 N–H and O–H groups in total. The fraction of sp³-hybridized carbons (Fsp3) is 0.444. The number of hydrogen-bond donors (Lipinski definition) is 0. The first-order valence-corrected chi connectivity index (χ1v) is 8.31. The predicted molar refractivity (Wildman–Crippen MR) is 86.4 cm³/mol. The van der Waals surface area contributed by atoms with Crippen molar-refractivity contribution >= 4 is 5.91 Å². The number of fused-ring (bicyclic) bond motifs is 2. The lowest BCUT2D eigenvalue weighted by atomic mass is 10.1. The summed E-state index contributed by atoms with van der Waals surface area (Å²) >= 11 is 0.